The van der Waals surface area contributed by atoms with E-state index >= 15 is 0 Å². The number of rotatable bonds is 5. The lowest BCUT2D eigenvalue weighted by molar-refractivity contribution is -0.116. The summed E-state index contributed by atoms with van der Waals surface area (Å²) in [6.07, 6.45) is 0. The van der Waals surface area contributed by atoms with Crippen molar-refractivity contribution in [1.29, 1.82) is 0 Å². The number of ketones is 3. The van der Waals surface area contributed by atoms with Crippen LogP contribution in [0.4, 0.5) is 5.69 Å². The van der Waals surface area contributed by atoms with Gasteiger partial charge in [0.25, 0.3) is 0 Å². The molecule has 0 saturated heterocycles. The van der Waals surface area contributed by atoms with Crippen LogP contribution in [0.2, 0.25) is 0 Å². The molecule has 3 rings (SSSR count). The second kappa shape index (κ2) is 7.48. The van der Waals surface area contributed by atoms with Gasteiger partial charge in [0.05, 0.1) is 10.5 Å². The summed E-state index contributed by atoms with van der Waals surface area (Å²) >= 11 is 1.27. The molecule has 2 aromatic rings. The molecule has 138 valence electrons. The van der Waals surface area contributed by atoms with Crippen LogP contribution in [0.3, 0.4) is 0 Å². The number of carbonyl (C=O) groups excluding carboxylic acids is 4. The van der Waals surface area contributed by atoms with Crippen molar-refractivity contribution in [2.24, 2.45) is 0 Å². The smallest absolute Gasteiger partial charge is 0.237 e. The number of fused-ring (bicyclic) bond motifs is 2. The van der Waals surface area contributed by atoms with Crippen molar-refractivity contribution < 1.29 is 19.2 Å². The van der Waals surface area contributed by atoms with Gasteiger partial charge in [0, 0.05) is 27.9 Å². The van der Waals surface area contributed by atoms with Crippen molar-refractivity contribution in [3.8, 4) is 0 Å². The Balaban J connectivity index is 1.82. The van der Waals surface area contributed by atoms with E-state index in [1.807, 2.05) is 0 Å². The third kappa shape index (κ3) is 3.71. The van der Waals surface area contributed by atoms with Gasteiger partial charge in [0.1, 0.15) is 5.78 Å². The monoisotopic (exact) mass is 381 g/mol. The van der Waals surface area contributed by atoms with Gasteiger partial charge < -0.3 is 5.32 Å². The molecular weight excluding hydrogens is 362 g/mol. The summed E-state index contributed by atoms with van der Waals surface area (Å²) in [5, 5.41) is 2.06. The third-order valence-corrected chi connectivity index (χ3v) is 5.91. The van der Waals surface area contributed by atoms with Crippen LogP contribution in [0.5, 0.6) is 0 Å². The van der Waals surface area contributed by atoms with E-state index in [0.717, 1.165) is 0 Å². The van der Waals surface area contributed by atoms with E-state index in [4.69, 9.17) is 0 Å². The van der Waals surface area contributed by atoms with E-state index in [1.165, 1.54) is 24.8 Å². The Morgan fingerprint density at radius 3 is 2.00 bits per heavy atom. The molecule has 1 amide bonds. The van der Waals surface area contributed by atoms with E-state index in [-0.39, 0.29) is 34.1 Å². The number of Topliss-reactive ketones (excluding diaryl/α,β-unsaturated/α-hetero) is 1. The summed E-state index contributed by atoms with van der Waals surface area (Å²) in [7, 11) is 0. The lowest BCUT2D eigenvalue weighted by atomic mass is 9.84. The Labute approximate surface area is 161 Å². The fourth-order valence-electron chi connectivity index (χ4n) is 2.88. The van der Waals surface area contributed by atoms with Crippen LogP contribution >= 0.6 is 11.8 Å². The zero-order valence-electron chi connectivity index (χ0n) is 15.2. The SMILES string of the molecule is CC(=O)[C@@H](C)S[C@H](C)C(=O)Nc1ccc2c(c1)C(=O)c1ccccc1C2=O. The highest BCUT2D eigenvalue weighted by Crippen LogP contribution is 2.29. The fraction of sp³-hybridized carbons (Fsp3) is 0.238. The Morgan fingerprint density at radius 1 is 0.852 bits per heavy atom. The minimum Gasteiger partial charge on any atom is -0.325 e. The summed E-state index contributed by atoms with van der Waals surface area (Å²) in [6, 6.07) is 11.4. The minimum absolute atomic E-state index is 0.0104. The van der Waals surface area contributed by atoms with Crippen LogP contribution in [0, 0.1) is 0 Å². The Morgan fingerprint density at radius 2 is 1.41 bits per heavy atom. The van der Waals surface area contributed by atoms with Gasteiger partial charge in [-0.05, 0) is 39.0 Å². The molecular formula is C21H19NO4S. The number of carbonyl (C=O) groups is 4. The standard InChI is InChI=1S/C21H19NO4S/c1-11(23)12(2)27-13(3)21(26)22-14-8-9-17-18(10-14)20(25)16-7-5-4-6-15(16)19(17)24/h4-10,12-13H,1-3H3,(H,22,26)/t12-,13-/m1/s1. The van der Waals surface area contributed by atoms with Gasteiger partial charge in [-0.25, -0.2) is 0 Å². The average Bonchev–Trinajstić information content (AvgIpc) is 2.65. The summed E-state index contributed by atoms with van der Waals surface area (Å²) in [5.41, 5.74) is 1.84. The molecule has 6 heteroatoms. The third-order valence-electron chi connectivity index (χ3n) is 4.54. The Kier molecular flexibility index (Phi) is 5.28. The first-order valence-corrected chi connectivity index (χ1v) is 9.53. The molecule has 0 heterocycles. The molecule has 27 heavy (non-hydrogen) atoms. The maximum atomic E-state index is 12.7. The lowest BCUT2D eigenvalue weighted by Crippen LogP contribution is -2.26. The minimum atomic E-state index is -0.432. The maximum Gasteiger partial charge on any atom is 0.237 e. The van der Waals surface area contributed by atoms with Gasteiger partial charge in [-0.2, -0.15) is 0 Å². The second-order valence-electron chi connectivity index (χ2n) is 6.48. The quantitative estimate of drug-likeness (QED) is 0.732. The van der Waals surface area contributed by atoms with Crippen molar-refractivity contribution in [1.82, 2.24) is 0 Å². The number of anilines is 1. The Bertz CT molecular complexity index is 966. The normalized spacial score (nSPS) is 14.8. The van der Waals surface area contributed by atoms with Crippen LogP contribution < -0.4 is 5.32 Å². The van der Waals surface area contributed by atoms with E-state index < -0.39 is 5.25 Å². The van der Waals surface area contributed by atoms with Gasteiger partial charge >= 0.3 is 0 Å². The van der Waals surface area contributed by atoms with Gasteiger partial charge in [0.2, 0.25) is 5.91 Å². The zero-order chi connectivity index (χ0) is 19.7. The van der Waals surface area contributed by atoms with Crippen molar-refractivity contribution in [2.45, 2.75) is 31.3 Å². The number of benzene rings is 2. The summed E-state index contributed by atoms with van der Waals surface area (Å²) < 4.78 is 0. The van der Waals surface area contributed by atoms with Crippen LogP contribution in [0.15, 0.2) is 42.5 Å². The van der Waals surface area contributed by atoms with Crippen LogP contribution in [0.1, 0.15) is 52.6 Å². The molecule has 0 bridgehead atoms. The maximum absolute atomic E-state index is 12.7. The number of hydrogen-bond acceptors (Lipinski definition) is 5. The molecule has 2 atom stereocenters. The molecule has 2 aromatic carbocycles. The Hall–Kier alpha value is -2.73. The van der Waals surface area contributed by atoms with Gasteiger partial charge in [-0.15, -0.1) is 11.8 Å². The largest absolute Gasteiger partial charge is 0.325 e. The number of nitrogens with one attached hydrogen (secondary N) is 1. The predicted octanol–water partition coefficient (Wildman–Crippen LogP) is 3.50. The van der Waals surface area contributed by atoms with E-state index in [0.29, 0.717) is 22.4 Å². The van der Waals surface area contributed by atoms with E-state index in [9.17, 15) is 19.2 Å². The zero-order valence-corrected chi connectivity index (χ0v) is 16.1. The van der Waals surface area contributed by atoms with Crippen molar-refractivity contribution >= 4 is 40.7 Å². The van der Waals surface area contributed by atoms with Crippen molar-refractivity contribution in [2.75, 3.05) is 5.32 Å². The molecule has 0 fully saturated rings. The van der Waals surface area contributed by atoms with E-state index in [1.54, 1.807) is 50.2 Å². The summed E-state index contributed by atoms with van der Waals surface area (Å²) in [5.74, 6) is -0.680. The van der Waals surface area contributed by atoms with Gasteiger partial charge in [-0.1, -0.05) is 24.3 Å². The van der Waals surface area contributed by atoms with Gasteiger partial charge in [0.15, 0.2) is 11.6 Å². The van der Waals surface area contributed by atoms with Crippen LogP contribution in [0.25, 0.3) is 0 Å². The first kappa shape index (κ1) is 19.0. The molecule has 0 saturated carbocycles. The topological polar surface area (TPSA) is 80.3 Å². The molecule has 5 nitrogen and oxygen atoms in total. The molecule has 1 aliphatic rings. The molecule has 0 unspecified atom stereocenters. The summed E-state index contributed by atoms with van der Waals surface area (Å²) in [4.78, 5) is 49.1. The number of amides is 1. The van der Waals surface area contributed by atoms with E-state index in [2.05, 4.69) is 5.32 Å². The average molecular weight is 381 g/mol. The molecule has 0 aliphatic heterocycles. The van der Waals surface area contributed by atoms with Crippen molar-refractivity contribution in [3.63, 3.8) is 0 Å². The lowest BCUT2D eigenvalue weighted by Gasteiger charge is -2.19. The van der Waals surface area contributed by atoms with Crippen LogP contribution in [-0.4, -0.2) is 33.8 Å². The molecule has 0 aromatic heterocycles. The number of hydrogen-bond donors (Lipinski definition) is 1. The molecule has 0 spiro atoms. The first-order chi connectivity index (χ1) is 12.8. The molecule has 1 N–H and O–H groups in total. The molecule has 1 aliphatic carbocycles. The number of thioether (sulfide) groups is 1. The highest BCUT2D eigenvalue weighted by atomic mass is 32.2. The molecule has 0 radical (unpaired) electrons. The second-order valence-corrected chi connectivity index (χ2v) is 8.17. The fourth-order valence-corrected chi connectivity index (χ4v) is 3.87. The van der Waals surface area contributed by atoms with Crippen molar-refractivity contribution in [3.05, 3.63) is 64.7 Å². The van der Waals surface area contributed by atoms with Gasteiger partial charge in [-0.3, -0.25) is 19.2 Å². The first-order valence-electron chi connectivity index (χ1n) is 8.59. The predicted molar refractivity (Wildman–Crippen MR) is 106 cm³/mol. The summed E-state index contributed by atoms with van der Waals surface area (Å²) in [6.45, 7) is 4.98. The van der Waals surface area contributed by atoms with Crippen LogP contribution in [-0.2, 0) is 9.59 Å². The highest BCUT2D eigenvalue weighted by Gasteiger charge is 2.29. The highest BCUT2D eigenvalue weighted by molar-refractivity contribution is 8.01.